The van der Waals surface area contributed by atoms with E-state index < -0.39 is 41.4 Å². The van der Waals surface area contributed by atoms with Crippen LogP contribution in [0.2, 0.25) is 0 Å². The Morgan fingerprint density at radius 3 is 2.50 bits per heavy atom. The Bertz CT molecular complexity index is 706. The van der Waals surface area contributed by atoms with E-state index in [0.717, 1.165) is 17.5 Å². The number of carbonyl (C=O) groups is 1. The summed E-state index contributed by atoms with van der Waals surface area (Å²) in [4.78, 5) is 11.6. The smallest absolute Gasteiger partial charge is 0.320 e. The fraction of sp³-hybridized carbons (Fsp3) is 0.333. The van der Waals surface area contributed by atoms with Crippen molar-refractivity contribution in [3.05, 3.63) is 47.2 Å². The number of amides is 2. The highest BCUT2D eigenvalue weighted by Crippen LogP contribution is 2.20. The van der Waals surface area contributed by atoms with E-state index >= 15 is 0 Å². The fourth-order valence-corrected chi connectivity index (χ4v) is 1.98. The summed E-state index contributed by atoms with van der Waals surface area (Å²) in [7, 11) is 0. The van der Waals surface area contributed by atoms with Crippen LogP contribution in [0.1, 0.15) is 25.3 Å². The van der Waals surface area contributed by atoms with Crippen LogP contribution in [0.15, 0.2) is 18.3 Å². The van der Waals surface area contributed by atoms with Gasteiger partial charge in [0.25, 0.3) is 0 Å². The molecule has 1 aromatic heterocycles. The van der Waals surface area contributed by atoms with Gasteiger partial charge in [-0.05, 0) is 6.42 Å². The van der Waals surface area contributed by atoms with E-state index in [4.69, 9.17) is 0 Å². The van der Waals surface area contributed by atoms with Crippen molar-refractivity contribution in [1.82, 2.24) is 15.1 Å². The topological polar surface area (TPSA) is 59.0 Å². The Labute approximate surface area is 135 Å². The summed E-state index contributed by atoms with van der Waals surface area (Å²) in [5.41, 5.74) is -0.783. The van der Waals surface area contributed by atoms with Crippen molar-refractivity contribution in [1.29, 1.82) is 0 Å². The van der Waals surface area contributed by atoms with Gasteiger partial charge in [0.15, 0.2) is 29.1 Å². The molecule has 0 atom stereocenters. The summed E-state index contributed by atoms with van der Waals surface area (Å²) in [6.07, 6.45) is 3.07. The molecule has 2 amide bonds. The van der Waals surface area contributed by atoms with Gasteiger partial charge in [-0.25, -0.2) is 22.4 Å². The monoisotopic (exact) mass is 344 g/mol. The molecule has 0 aliphatic rings. The molecule has 2 aromatic rings. The second-order valence-corrected chi connectivity index (χ2v) is 5.08. The molecule has 5 nitrogen and oxygen atoms in total. The number of aromatic nitrogens is 2. The maximum Gasteiger partial charge on any atom is 0.320 e. The third-order valence-corrected chi connectivity index (χ3v) is 3.22. The predicted molar refractivity (Wildman–Crippen MR) is 79.5 cm³/mol. The van der Waals surface area contributed by atoms with Gasteiger partial charge in [-0.1, -0.05) is 13.3 Å². The van der Waals surface area contributed by atoms with E-state index in [-0.39, 0.29) is 11.9 Å². The second kappa shape index (κ2) is 7.80. The number of hydrogen-bond acceptors (Lipinski definition) is 2. The van der Waals surface area contributed by atoms with Crippen LogP contribution in [0.5, 0.6) is 0 Å². The molecule has 24 heavy (non-hydrogen) atoms. The summed E-state index contributed by atoms with van der Waals surface area (Å²) in [5.74, 6) is -5.77. The first-order chi connectivity index (χ1) is 11.4. The number of benzene rings is 1. The van der Waals surface area contributed by atoms with Crippen LogP contribution in [0.25, 0.3) is 0 Å². The summed E-state index contributed by atoms with van der Waals surface area (Å²) >= 11 is 0. The van der Waals surface area contributed by atoms with Crippen LogP contribution in [0, 0.1) is 23.3 Å². The average molecular weight is 344 g/mol. The van der Waals surface area contributed by atoms with Crippen LogP contribution in [-0.4, -0.2) is 22.4 Å². The largest absolute Gasteiger partial charge is 0.338 e. The highest BCUT2D eigenvalue weighted by atomic mass is 19.2. The number of carbonyl (C=O) groups excluding carboxylic acids is 1. The van der Waals surface area contributed by atoms with Crippen molar-refractivity contribution in [2.75, 3.05) is 11.9 Å². The number of hydrogen-bond donors (Lipinski definition) is 2. The van der Waals surface area contributed by atoms with Crippen molar-refractivity contribution in [3.63, 3.8) is 0 Å². The standard InChI is InChI=1S/C15H16F4N4O/c1-2-3-5-20-15(24)21-12-4-6-23(22-12)8-9-13(18)10(16)7-11(17)14(9)19/h4,6-7H,2-3,5,8H2,1H3,(H2,20,21,22,24). The van der Waals surface area contributed by atoms with Gasteiger partial charge in [0, 0.05) is 24.9 Å². The maximum atomic E-state index is 13.6. The SMILES string of the molecule is CCCCNC(=O)Nc1ccn(Cc2c(F)c(F)cc(F)c2F)n1. The number of urea groups is 1. The molecule has 0 unspecified atom stereocenters. The lowest BCUT2D eigenvalue weighted by Crippen LogP contribution is -2.29. The van der Waals surface area contributed by atoms with Gasteiger partial charge in [-0.15, -0.1) is 0 Å². The van der Waals surface area contributed by atoms with E-state index in [0.29, 0.717) is 6.54 Å². The third-order valence-electron chi connectivity index (χ3n) is 3.22. The molecule has 0 aliphatic carbocycles. The first-order valence-corrected chi connectivity index (χ1v) is 7.32. The van der Waals surface area contributed by atoms with Gasteiger partial charge in [-0.2, -0.15) is 5.10 Å². The lowest BCUT2D eigenvalue weighted by molar-refractivity contribution is 0.252. The molecule has 0 bridgehead atoms. The number of nitrogens with one attached hydrogen (secondary N) is 2. The zero-order valence-corrected chi connectivity index (χ0v) is 12.9. The lowest BCUT2D eigenvalue weighted by atomic mass is 10.2. The fourth-order valence-electron chi connectivity index (χ4n) is 1.98. The Hall–Kier alpha value is -2.58. The molecule has 130 valence electrons. The molecule has 0 radical (unpaired) electrons. The van der Waals surface area contributed by atoms with Crippen molar-refractivity contribution >= 4 is 11.8 Å². The van der Waals surface area contributed by atoms with Crippen LogP contribution in [-0.2, 0) is 6.54 Å². The average Bonchev–Trinajstić information content (AvgIpc) is 2.97. The molecule has 9 heteroatoms. The lowest BCUT2D eigenvalue weighted by Gasteiger charge is -2.07. The molecule has 2 N–H and O–H groups in total. The van der Waals surface area contributed by atoms with Crippen LogP contribution in [0.4, 0.5) is 28.2 Å². The number of unbranched alkanes of at least 4 members (excludes halogenated alkanes) is 1. The molecular formula is C15H16F4N4O. The van der Waals surface area contributed by atoms with Crippen molar-refractivity contribution in [2.45, 2.75) is 26.3 Å². The van der Waals surface area contributed by atoms with Gasteiger partial charge in [0.1, 0.15) is 0 Å². The zero-order valence-electron chi connectivity index (χ0n) is 12.9. The van der Waals surface area contributed by atoms with Gasteiger partial charge in [-0.3, -0.25) is 10.00 Å². The Balaban J connectivity index is 2.06. The van der Waals surface area contributed by atoms with E-state index in [1.165, 1.54) is 12.3 Å². The first-order valence-electron chi connectivity index (χ1n) is 7.32. The summed E-state index contributed by atoms with van der Waals surface area (Å²) in [6.45, 7) is 1.96. The molecular weight excluding hydrogens is 328 g/mol. The second-order valence-electron chi connectivity index (χ2n) is 5.08. The molecule has 0 spiro atoms. The number of rotatable bonds is 6. The first kappa shape index (κ1) is 17.8. The molecule has 0 saturated carbocycles. The van der Waals surface area contributed by atoms with E-state index in [1.54, 1.807) is 0 Å². The molecule has 0 saturated heterocycles. The summed E-state index contributed by atoms with van der Waals surface area (Å²) in [5, 5.41) is 8.93. The summed E-state index contributed by atoms with van der Waals surface area (Å²) in [6, 6.07) is 1.07. The molecule has 2 rings (SSSR count). The normalized spacial score (nSPS) is 10.7. The third kappa shape index (κ3) is 4.24. The Morgan fingerprint density at radius 1 is 1.21 bits per heavy atom. The summed E-state index contributed by atoms with van der Waals surface area (Å²) < 4.78 is 54.6. The van der Waals surface area contributed by atoms with Crippen molar-refractivity contribution in [3.8, 4) is 0 Å². The number of halogens is 4. The minimum absolute atomic E-state index is 0.140. The quantitative estimate of drug-likeness (QED) is 0.479. The van der Waals surface area contributed by atoms with Crippen molar-refractivity contribution in [2.24, 2.45) is 0 Å². The number of anilines is 1. The molecule has 0 fully saturated rings. The highest BCUT2D eigenvalue weighted by molar-refractivity contribution is 5.88. The van der Waals surface area contributed by atoms with E-state index in [9.17, 15) is 22.4 Å². The molecule has 0 aliphatic heterocycles. The van der Waals surface area contributed by atoms with Gasteiger partial charge in [0.05, 0.1) is 12.1 Å². The van der Waals surface area contributed by atoms with E-state index in [1.807, 2.05) is 6.92 Å². The Kier molecular flexibility index (Phi) is 5.78. The number of nitrogens with zero attached hydrogens (tertiary/aromatic N) is 2. The van der Waals surface area contributed by atoms with Crippen LogP contribution >= 0.6 is 0 Å². The zero-order chi connectivity index (χ0) is 17.7. The molecule has 1 aromatic carbocycles. The highest BCUT2D eigenvalue weighted by Gasteiger charge is 2.19. The minimum Gasteiger partial charge on any atom is -0.338 e. The van der Waals surface area contributed by atoms with E-state index in [2.05, 4.69) is 15.7 Å². The minimum atomic E-state index is -1.48. The predicted octanol–water partition coefficient (Wildman–Crippen LogP) is 3.41. The van der Waals surface area contributed by atoms with Gasteiger partial charge >= 0.3 is 6.03 Å². The maximum absolute atomic E-state index is 13.6. The van der Waals surface area contributed by atoms with Crippen LogP contribution < -0.4 is 10.6 Å². The van der Waals surface area contributed by atoms with Gasteiger partial charge in [0.2, 0.25) is 0 Å². The van der Waals surface area contributed by atoms with Crippen LogP contribution in [0.3, 0.4) is 0 Å². The molecule has 1 heterocycles. The van der Waals surface area contributed by atoms with Crippen molar-refractivity contribution < 1.29 is 22.4 Å². The van der Waals surface area contributed by atoms with Gasteiger partial charge < -0.3 is 5.32 Å². The Morgan fingerprint density at radius 2 is 1.88 bits per heavy atom.